The van der Waals surface area contributed by atoms with E-state index in [9.17, 15) is 9.90 Å². The van der Waals surface area contributed by atoms with E-state index in [1.807, 2.05) is 30.3 Å². The third kappa shape index (κ3) is 3.97. The van der Waals surface area contributed by atoms with Crippen LogP contribution in [0.25, 0.3) is 0 Å². The number of carbonyl (C=O) groups excluding carboxylic acids is 1. The van der Waals surface area contributed by atoms with Gasteiger partial charge < -0.3 is 24.3 Å². The number of para-hydroxylation sites is 1. The quantitative estimate of drug-likeness (QED) is 0.796. The predicted octanol–water partition coefficient (Wildman–Crippen LogP) is 0.686. The first-order chi connectivity index (χ1) is 13.2. The van der Waals surface area contributed by atoms with Crippen molar-refractivity contribution < 1.29 is 23.8 Å². The number of amides is 1. The zero-order valence-electron chi connectivity index (χ0n) is 14.9. The standard InChI is InChI=1S/C19H23N3O5/c23-18-15(27-13-4-2-1-3-5-13)10-14(17(18)22-6-8-25-9-7-22)21-19(24)16-11-20-12-26-16/h1-5,11-12,14-15,17-18,23H,6-10H2,(H,21,24)/t14-,15-,17+,18+/m1/s1. The lowest BCUT2D eigenvalue weighted by Crippen LogP contribution is -2.56. The van der Waals surface area contributed by atoms with E-state index < -0.39 is 12.2 Å². The van der Waals surface area contributed by atoms with Crippen molar-refractivity contribution in [3.8, 4) is 5.75 Å². The van der Waals surface area contributed by atoms with Crippen LogP contribution >= 0.6 is 0 Å². The number of rotatable bonds is 5. The summed E-state index contributed by atoms with van der Waals surface area (Å²) >= 11 is 0. The van der Waals surface area contributed by atoms with Crippen LogP contribution in [-0.2, 0) is 4.74 Å². The van der Waals surface area contributed by atoms with Crippen molar-refractivity contribution in [2.24, 2.45) is 0 Å². The Morgan fingerprint density at radius 2 is 2.04 bits per heavy atom. The maximum absolute atomic E-state index is 12.5. The van der Waals surface area contributed by atoms with Crippen LogP contribution in [0.3, 0.4) is 0 Å². The summed E-state index contributed by atoms with van der Waals surface area (Å²) in [5.74, 6) is 0.505. The Morgan fingerprint density at radius 1 is 1.26 bits per heavy atom. The molecule has 0 unspecified atom stereocenters. The van der Waals surface area contributed by atoms with Gasteiger partial charge in [-0.3, -0.25) is 9.69 Å². The molecule has 2 heterocycles. The molecule has 2 aromatic rings. The molecule has 1 amide bonds. The van der Waals surface area contributed by atoms with E-state index in [2.05, 4.69) is 15.2 Å². The molecule has 27 heavy (non-hydrogen) atoms. The molecule has 1 saturated carbocycles. The van der Waals surface area contributed by atoms with E-state index in [-0.39, 0.29) is 23.8 Å². The highest BCUT2D eigenvalue weighted by atomic mass is 16.5. The molecular formula is C19H23N3O5. The van der Waals surface area contributed by atoms with Crippen LogP contribution in [0.2, 0.25) is 0 Å². The number of hydrogen-bond acceptors (Lipinski definition) is 7. The number of nitrogens with zero attached hydrogens (tertiary/aromatic N) is 2. The first kappa shape index (κ1) is 18.0. The molecule has 1 aliphatic heterocycles. The summed E-state index contributed by atoms with van der Waals surface area (Å²) in [4.78, 5) is 18.4. The van der Waals surface area contributed by atoms with E-state index >= 15 is 0 Å². The third-order valence-corrected chi connectivity index (χ3v) is 5.10. The van der Waals surface area contributed by atoms with Gasteiger partial charge in [0.25, 0.3) is 5.91 Å². The minimum atomic E-state index is -0.733. The van der Waals surface area contributed by atoms with Gasteiger partial charge in [-0.15, -0.1) is 0 Å². The maximum atomic E-state index is 12.5. The number of aromatic nitrogens is 1. The number of ether oxygens (including phenoxy) is 2. The minimum Gasteiger partial charge on any atom is -0.488 e. The van der Waals surface area contributed by atoms with Crippen molar-refractivity contribution in [3.63, 3.8) is 0 Å². The summed E-state index contributed by atoms with van der Waals surface area (Å²) in [6.07, 6.45) is 1.95. The summed E-state index contributed by atoms with van der Waals surface area (Å²) in [6.45, 7) is 2.62. The monoisotopic (exact) mass is 373 g/mol. The zero-order valence-corrected chi connectivity index (χ0v) is 14.9. The number of morpholine rings is 1. The Labute approximate surface area is 157 Å². The van der Waals surface area contributed by atoms with E-state index in [0.29, 0.717) is 38.5 Å². The fourth-order valence-corrected chi connectivity index (χ4v) is 3.84. The molecule has 0 radical (unpaired) electrons. The van der Waals surface area contributed by atoms with Crippen LogP contribution in [0.5, 0.6) is 5.75 Å². The largest absolute Gasteiger partial charge is 0.488 e. The first-order valence-corrected chi connectivity index (χ1v) is 9.13. The van der Waals surface area contributed by atoms with Gasteiger partial charge in [0.1, 0.15) is 18.0 Å². The summed E-state index contributed by atoms with van der Waals surface area (Å²) in [5, 5.41) is 14.0. The molecule has 0 bridgehead atoms. The normalized spacial score (nSPS) is 28.8. The van der Waals surface area contributed by atoms with Gasteiger partial charge in [0, 0.05) is 19.5 Å². The number of carbonyl (C=O) groups is 1. The summed E-state index contributed by atoms with van der Waals surface area (Å²) in [6, 6.07) is 8.88. The lowest BCUT2D eigenvalue weighted by atomic mass is 10.1. The molecule has 2 aliphatic rings. The average Bonchev–Trinajstić information content (AvgIpc) is 3.33. The second-order valence-electron chi connectivity index (χ2n) is 6.78. The Hall–Kier alpha value is -2.42. The predicted molar refractivity (Wildman–Crippen MR) is 95.4 cm³/mol. The highest BCUT2D eigenvalue weighted by molar-refractivity contribution is 5.91. The number of oxazole rings is 1. The van der Waals surface area contributed by atoms with Crippen LogP contribution in [-0.4, -0.2) is 71.5 Å². The van der Waals surface area contributed by atoms with E-state index in [1.54, 1.807) is 0 Å². The van der Waals surface area contributed by atoms with Crippen molar-refractivity contribution in [1.82, 2.24) is 15.2 Å². The lowest BCUT2D eigenvalue weighted by Gasteiger charge is -2.37. The molecule has 1 saturated heterocycles. The maximum Gasteiger partial charge on any atom is 0.288 e. The number of nitrogens with one attached hydrogen (secondary N) is 1. The molecule has 1 aromatic carbocycles. The van der Waals surface area contributed by atoms with Crippen LogP contribution in [0, 0.1) is 0 Å². The summed E-state index contributed by atoms with van der Waals surface area (Å²) in [5.41, 5.74) is 0. The number of hydrogen-bond donors (Lipinski definition) is 2. The van der Waals surface area contributed by atoms with Crippen molar-refractivity contribution in [1.29, 1.82) is 0 Å². The van der Waals surface area contributed by atoms with Gasteiger partial charge in [0.15, 0.2) is 6.39 Å². The molecule has 144 valence electrons. The summed E-state index contributed by atoms with van der Waals surface area (Å²) < 4.78 is 16.5. The van der Waals surface area contributed by atoms with Gasteiger partial charge in [-0.1, -0.05) is 18.2 Å². The van der Waals surface area contributed by atoms with E-state index in [1.165, 1.54) is 12.6 Å². The van der Waals surface area contributed by atoms with Gasteiger partial charge in [-0.25, -0.2) is 4.98 Å². The number of aliphatic hydroxyl groups is 1. The Balaban J connectivity index is 1.51. The fraction of sp³-hybridized carbons (Fsp3) is 0.474. The molecule has 1 aromatic heterocycles. The molecule has 8 heteroatoms. The molecule has 4 rings (SSSR count). The second-order valence-corrected chi connectivity index (χ2v) is 6.78. The topological polar surface area (TPSA) is 97.1 Å². The molecule has 4 atom stereocenters. The molecule has 8 nitrogen and oxygen atoms in total. The number of aliphatic hydroxyl groups excluding tert-OH is 1. The Morgan fingerprint density at radius 3 is 2.74 bits per heavy atom. The van der Waals surface area contributed by atoms with Crippen LogP contribution in [0.1, 0.15) is 17.0 Å². The van der Waals surface area contributed by atoms with Crippen molar-refractivity contribution in [3.05, 3.63) is 48.7 Å². The van der Waals surface area contributed by atoms with Gasteiger partial charge in [-0.2, -0.15) is 0 Å². The van der Waals surface area contributed by atoms with Gasteiger partial charge in [-0.05, 0) is 12.1 Å². The molecule has 2 fully saturated rings. The lowest BCUT2D eigenvalue weighted by molar-refractivity contribution is -0.0350. The summed E-state index contributed by atoms with van der Waals surface area (Å²) in [7, 11) is 0. The molecular weight excluding hydrogens is 350 g/mol. The highest BCUT2D eigenvalue weighted by Gasteiger charge is 2.47. The molecule has 1 aliphatic carbocycles. The van der Waals surface area contributed by atoms with Gasteiger partial charge in [0.05, 0.1) is 31.5 Å². The smallest absolute Gasteiger partial charge is 0.288 e. The molecule has 2 N–H and O–H groups in total. The van der Waals surface area contributed by atoms with Gasteiger partial charge in [0.2, 0.25) is 5.76 Å². The first-order valence-electron chi connectivity index (χ1n) is 9.13. The highest BCUT2D eigenvalue weighted by Crippen LogP contribution is 2.30. The van der Waals surface area contributed by atoms with E-state index in [4.69, 9.17) is 13.9 Å². The molecule has 0 spiro atoms. The van der Waals surface area contributed by atoms with Crippen LogP contribution in [0.15, 0.2) is 47.3 Å². The van der Waals surface area contributed by atoms with Gasteiger partial charge >= 0.3 is 0 Å². The average molecular weight is 373 g/mol. The minimum absolute atomic E-state index is 0.151. The Bertz CT molecular complexity index is 733. The van der Waals surface area contributed by atoms with Crippen LogP contribution in [0.4, 0.5) is 0 Å². The zero-order chi connectivity index (χ0) is 18.6. The van der Waals surface area contributed by atoms with Crippen molar-refractivity contribution in [2.75, 3.05) is 26.3 Å². The Kier molecular flexibility index (Phi) is 5.38. The van der Waals surface area contributed by atoms with E-state index in [0.717, 1.165) is 0 Å². The van der Waals surface area contributed by atoms with Crippen molar-refractivity contribution in [2.45, 2.75) is 30.7 Å². The number of benzene rings is 1. The SMILES string of the molecule is O=C(N[C@@H]1C[C@@H](Oc2ccccc2)[C@H](O)[C@H]1N1CCOCC1)c1cnco1. The third-order valence-electron chi connectivity index (χ3n) is 5.10. The fourth-order valence-electron chi connectivity index (χ4n) is 3.84. The second kappa shape index (κ2) is 8.08. The van der Waals surface area contributed by atoms with Crippen molar-refractivity contribution >= 4 is 5.91 Å². The van der Waals surface area contributed by atoms with Crippen LogP contribution < -0.4 is 10.1 Å².